The van der Waals surface area contributed by atoms with Gasteiger partial charge >= 0.3 is 5.97 Å². The number of amides is 1. The van der Waals surface area contributed by atoms with E-state index in [0.717, 1.165) is 17.7 Å². The molecule has 1 saturated heterocycles. The third-order valence-corrected chi connectivity index (χ3v) is 5.87. The largest absolute Gasteiger partial charge is 0.481 e. The fourth-order valence-electron chi connectivity index (χ4n) is 3.15. The van der Waals surface area contributed by atoms with Crippen molar-refractivity contribution < 1.29 is 14.7 Å². The molecule has 1 aliphatic carbocycles. The number of halogens is 2. The van der Waals surface area contributed by atoms with Crippen LogP contribution in [-0.4, -0.2) is 46.0 Å². The van der Waals surface area contributed by atoms with E-state index in [-0.39, 0.29) is 30.2 Å². The van der Waals surface area contributed by atoms with Gasteiger partial charge < -0.3 is 10.0 Å². The molecule has 1 amide bonds. The Kier molecular flexibility index (Phi) is 5.09. The zero-order valence-corrected chi connectivity index (χ0v) is 14.7. The zero-order chi connectivity index (χ0) is 16.6. The van der Waals surface area contributed by atoms with E-state index in [9.17, 15) is 9.59 Å². The van der Waals surface area contributed by atoms with Gasteiger partial charge in [0, 0.05) is 34.0 Å². The van der Waals surface area contributed by atoms with Gasteiger partial charge in [-0.2, -0.15) is 11.8 Å². The monoisotopic (exact) mass is 373 g/mol. The molecular formula is C16H17Cl2NO3S. The first-order valence-electron chi connectivity index (χ1n) is 7.51. The highest BCUT2D eigenvalue weighted by Crippen LogP contribution is 2.50. The van der Waals surface area contributed by atoms with Crippen molar-refractivity contribution in [2.45, 2.75) is 24.8 Å². The van der Waals surface area contributed by atoms with Crippen molar-refractivity contribution in [1.82, 2.24) is 4.90 Å². The molecule has 4 nitrogen and oxygen atoms in total. The second-order valence-corrected chi connectivity index (χ2v) is 8.03. The summed E-state index contributed by atoms with van der Waals surface area (Å²) in [4.78, 5) is 25.5. The summed E-state index contributed by atoms with van der Waals surface area (Å²) in [6.45, 7) is 0.626. The molecule has 7 heteroatoms. The standard InChI is InChI=1S/C16H17Cl2NO3S/c17-10-3-9(4-11(18)5-10)13-7-14(13)16(22)19-1-2-23-8-12(19)6-15(20)21/h3-5,12-14H,1-2,6-8H2,(H,20,21). The molecule has 1 heterocycles. The average molecular weight is 374 g/mol. The molecule has 2 aliphatic rings. The molecule has 3 rings (SSSR count). The van der Waals surface area contributed by atoms with Crippen LogP contribution in [0.1, 0.15) is 24.3 Å². The molecular weight excluding hydrogens is 357 g/mol. The molecule has 3 unspecified atom stereocenters. The van der Waals surface area contributed by atoms with Crippen LogP contribution in [0.2, 0.25) is 10.0 Å². The van der Waals surface area contributed by atoms with Crippen molar-refractivity contribution in [3.8, 4) is 0 Å². The number of hydrogen-bond donors (Lipinski definition) is 1. The van der Waals surface area contributed by atoms with Crippen LogP contribution in [0.15, 0.2) is 18.2 Å². The van der Waals surface area contributed by atoms with Crippen molar-refractivity contribution in [2.75, 3.05) is 18.1 Å². The second kappa shape index (κ2) is 6.91. The second-order valence-electron chi connectivity index (χ2n) is 6.01. The summed E-state index contributed by atoms with van der Waals surface area (Å²) in [5, 5.41) is 10.2. The first kappa shape index (κ1) is 16.9. The highest BCUT2D eigenvalue weighted by atomic mass is 35.5. The lowest BCUT2D eigenvalue weighted by atomic mass is 10.1. The van der Waals surface area contributed by atoms with E-state index in [1.54, 1.807) is 22.7 Å². The predicted molar refractivity (Wildman–Crippen MR) is 92.4 cm³/mol. The number of hydrogen-bond acceptors (Lipinski definition) is 3. The van der Waals surface area contributed by atoms with Gasteiger partial charge in [-0.05, 0) is 36.1 Å². The van der Waals surface area contributed by atoms with E-state index in [1.807, 2.05) is 12.1 Å². The molecule has 1 aromatic rings. The minimum atomic E-state index is -0.857. The molecule has 0 radical (unpaired) electrons. The van der Waals surface area contributed by atoms with Gasteiger partial charge in [0.2, 0.25) is 5.91 Å². The molecule has 124 valence electrons. The molecule has 1 N–H and O–H groups in total. The first-order valence-corrected chi connectivity index (χ1v) is 9.43. The Morgan fingerprint density at radius 1 is 1.26 bits per heavy atom. The van der Waals surface area contributed by atoms with Crippen LogP contribution in [0.4, 0.5) is 0 Å². The predicted octanol–water partition coefficient (Wildman–Crippen LogP) is 3.52. The maximum Gasteiger partial charge on any atom is 0.305 e. The molecule has 1 aliphatic heterocycles. The van der Waals surface area contributed by atoms with Gasteiger partial charge in [0.05, 0.1) is 12.5 Å². The molecule has 0 aromatic heterocycles. The van der Waals surface area contributed by atoms with E-state index in [4.69, 9.17) is 28.3 Å². The molecule has 1 saturated carbocycles. The third kappa shape index (κ3) is 3.95. The molecule has 23 heavy (non-hydrogen) atoms. The summed E-state index contributed by atoms with van der Waals surface area (Å²) in [5.41, 5.74) is 0.988. The van der Waals surface area contributed by atoms with Gasteiger partial charge in [0.1, 0.15) is 0 Å². The minimum absolute atomic E-state index is 0.0130. The fourth-order valence-corrected chi connectivity index (χ4v) is 4.76. The van der Waals surface area contributed by atoms with Crippen molar-refractivity contribution in [1.29, 1.82) is 0 Å². The Labute approximate surface area is 149 Å². The van der Waals surface area contributed by atoms with Gasteiger partial charge in [-0.25, -0.2) is 0 Å². The van der Waals surface area contributed by atoms with E-state index >= 15 is 0 Å². The lowest BCUT2D eigenvalue weighted by molar-refractivity contribution is -0.140. The Hall–Kier alpha value is -0.910. The van der Waals surface area contributed by atoms with E-state index < -0.39 is 5.97 Å². The van der Waals surface area contributed by atoms with Crippen LogP contribution < -0.4 is 0 Å². The van der Waals surface area contributed by atoms with Crippen molar-refractivity contribution >= 4 is 46.8 Å². The lowest BCUT2D eigenvalue weighted by Crippen LogP contribution is -2.47. The Morgan fingerprint density at radius 2 is 1.96 bits per heavy atom. The highest BCUT2D eigenvalue weighted by Gasteiger charge is 2.47. The molecule has 3 atom stereocenters. The zero-order valence-electron chi connectivity index (χ0n) is 12.4. The summed E-state index contributed by atoms with van der Waals surface area (Å²) >= 11 is 13.8. The van der Waals surface area contributed by atoms with Crippen molar-refractivity contribution in [3.05, 3.63) is 33.8 Å². The SMILES string of the molecule is O=C(O)CC1CSCCN1C(=O)C1CC1c1cc(Cl)cc(Cl)c1. The van der Waals surface area contributed by atoms with Crippen LogP contribution in [0.3, 0.4) is 0 Å². The topological polar surface area (TPSA) is 57.6 Å². The van der Waals surface area contributed by atoms with Gasteiger partial charge in [-0.3, -0.25) is 9.59 Å². The average Bonchev–Trinajstić information content (AvgIpc) is 3.26. The summed E-state index contributed by atoms with van der Waals surface area (Å²) in [7, 11) is 0. The normalized spacial score (nSPS) is 26.9. The molecule has 0 bridgehead atoms. The summed E-state index contributed by atoms with van der Waals surface area (Å²) in [6.07, 6.45) is 0.790. The number of aliphatic carboxylic acids is 1. The number of carboxylic acids is 1. The summed E-state index contributed by atoms with van der Waals surface area (Å²) in [6, 6.07) is 5.18. The van der Waals surface area contributed by atoms with Gasteiger partial charge in [-0.1, -0.05) is 23.2 Å². The maximum atomic E-state index is 12.8. The number of benzene rings is 1. The minimum Gasteiger partial charge on any atom is -0.481 e. The van der Waals surface area contributed by atoms with Crippen LogP contribution >= 0.6 is 35.0 Å². The van der Waals surface area contributed by atoms with Gasteiger partial charge in [0.25, 0.3) is 0 Å². The van der Waals surface area contributed by atoms with Gasteiger partial charge in [0.15, 0.2) is 0 Å². The van der Waals surface area contributed by atoms with Crippen LogP contribution in [0.5, 0.6) is 0 Å². The van der Waals surface area contributed by atoms with E-state index in [0.29, 0.717) is 22.3 Å². The van der Waals surface area contributed by atoms with Crippen LogP contribution in [-0.2, 0) is 9.59 Å². The van der Waals surface area contributed by atoms with E-state index in [2.05, 4.69) is 0 Å². The number of carbonyl (C=O) groups excluding carboxylic acids is 1. The summed E-state index contributed by atoms with van der Waals surface area (Å²) in [5.74, 6) is 0.824. The number of rotatable bonds is 4. The number of carbonyl (C=O) groups is 2. The quantitative estimate of drug-likeness (QED) is 0.876. The maximum absolute atomic E-state index is 12.8. The molecule has 1 aromatic carbocycles. The number of carboxylic acid groups (broad SMARTS) is 1. The lowest BCUT2D eigenvalue weighted by Gasteiger charge is -2.35. The van der Waals surface area contributed by atoms with Crippen LogP contribution in [0.25, 0.3) is 0 Å². The fraction of sp³-hybridized carbons (Fsp3) is 0.500. The third-order valence-electron chi connectivity index (χ3n) is 4.34. The van der Waals surface area contributed by atoms with Crippen molar-refractivity contribution in [3.63, 3.8) is 0 Å². The Morgan fingerprint density at radius 3 is 2.61 bits per heavy atom. The van der Waals surface area contributed by atoms with Crippen molar-refractivity contribution in [2.24, 2.45) is 5.92 Å². The smallest absolute Gasteiger partial charge is 0.305 e. The number of nitrogens with zero attached hydrogens (tertiary/aromatic N) is 1. The highest BCUT2D eigenvalue weighted by molar-refractivity contribution is 7.99. The van der Waals surface area contributed by atoms with Crippen LogP contribution in [0, 0.1) is 5.92 Å². The van der Waals surface area contributed by atoms with E-state index in [1.165, 1.54) is 0 Å². The Bertz CT molecular complexity index is 620. The first-order chi connectivity index (χ1) is 11.0. The Balaban J connectivity index is 1.70. The molecule has 0 spiro atoms. The number of thioether (sulfide) groups is 1. The summed E-state index contributed by atoms with van der Waals surface area (Å²) < 4.78 is 0. The van der Waals surface area contributed by atoms with Gasteiger partial charge in [-0.15, -0.1) is 0 Å². The molecule has 2 fully saturated rings.